The molecule has 0 atom stereocenters. The molecule has 0 unspecified atom stereocenters. The Morgan fingerprint density at radius 3 is 0.735 bits per heavy atom. The normalized spacial score (nSPS) is 12.6. The zero-order valence-electron chi connectivity index (χ0n) is 51.7. The summed E-state index contributed by atoms with van der Waals surface area (Å²) >= 11 is 0. The van der Waals surface area contributed by atoms with Gasteiger partial charge in [-0.1, -0.05) is 170 Å². The molecule has 0 radical (unpaired) electrons. The molecule has 0 saturated carbocycles. The van der Waals surface area contributed by atoms with Crippen LogP contribution in [0, 0.1) is 0 Å². The second-order valence-corrected chi connectivity index (χ2v) is 25.3. The Kier molecular flexibility index (Phi) is 11.6. The van der Waals surface area contributed by atoms with Gasteiger partial charge in [-0.05, 0) is 127 Å². The molecule has 20 aromatic rings. The minimum absolute atomic E-state index is 0.0713. The van der Waals surface area contributed by atoms with E-state index in [4.69, 9.17) is 4.98 Å². The second-order valence-electron chi connectivity index (χ2n) is 25.3. The van der Waals surface area contributed by atoms with Gasteiger partial charge in [-0.3, -0.25) is 4.57 Å². The Labute approximate surface area is 552 Å². The van der Waals surface area contributed by atoms with Gasteiger partial charge in [0.15, 0.2) is 0 Å². The maximum atomic E-state index is 15.6. The fraction of sp³-hybridized carbons (Fsp3) is 0.0235. The number of pyridine rings is 1. The fourth-order valence-electron chi connectivity index (χ4n) is 15.9. The van der Waals surface area contributed by atoms with Gasteiger partial charge in [-0.25, -0.2) is 4.98 Å². The van der Waals surface area contributed by atoms with E-state index >= 15 is 26.3 Å². The topological polar surface area (TPSA) is 42.5 Å². The summed E-state index contributed by atoms with van der Waals surface area (Å²) in [5.41, 5.74) is 10.8. The molecular formula is C85H49F6N7. The predicted octanol–water partition coefficient (Wildman–Crippen LogP) is 23.4. The average molecular weight is 1280 g/mol. The van der Waals surface area contributed by atoms with Crippen LogP contribution in [0.4, 0.5) is 26.3 Å². The number of halogens is 6. The van der Waals surface area contributed by atoms with Gasteiger partial charge in [0, 0.05) is 92.9 Å². The molecule has 7 nitrogen and oxygen atoms in total. The van der Waals surface area contributed by atoms with E-state index in [1.807, 2.05) is 106 Å². The SMILES string of the molecule is FC(F)(F)c1cc(-c2cc(-n3c4cc(-n5c6ccccc6c6ccccc65)ccc4c4ccc(-n5c6ccccc6c6ccccc65)cc43)ncc2-n2c3cc(-n4c5ccccc5c5ccccc54)ccc3c3ccc(-n4c5ccccc5c5ccccc54)cc32)cc(C(F)(F)F)c1. The third kappa shape index (κ3) is 8.10. The van der Waals surface area contributed by atoms with Crippen molar-refractivity contribution < 1.29 is 26.3 Å². The van der Waals surface area contributed by atoms with Crippen molar-refractivity contribution in [2.75, 3.05) is 0 Å². The van der Waals surface area contributed by atoms with Crippen molar-refractivity contribution in [2.24, 2.45) is 0 Å². The molecule has 13 heteroatoms. The Bertz CT molecular complexity index is 6220. The number of hydrogen-bond acceptors (Lipinski definition) is 1. The molecule has 20 rings (SSSR count). The monoisotopic (exact) mass is 1280 g/mol. The number of rotatable bonds is 7. The Hall–Kier alpha value is -12.6. The highest BCUT2D eigenvalue weighted by Crippen LogP contribution is 2.47. The molecule has 13 aromatic carbocycles. The van der Waals surface area contributed by atoms with Gasteiger partial charge < -0.3 is 22.8 Å². The van der Waals surface area contributed by atoms with Crippen LogP contribution in [0.1, 0.15) is 11.1 Å². The lowest BCUT2D eigenvalue weighted by molar-refractivity contribution is -0.143. The highest BCUT2D eigenvalue weighted by molar-refractivity contribution is 6.17. The second kappa shape index (κ2) is 20.5. The molecule has 98 heavy (non-hydrogen) atoms. The van der Waals surface area contributed by atoms with Crippen LogP contribution in [0.3, 0.4) is 0 Å². The third-order valence-corrected chi connectivity index (χ3v) is 20.1. The lowest BCUT2D eigenvalue weighted by Crippen LogP contribution is -2.11. The number of hydrogen-bond donors (Lipinski definition) is 0. The summed E-state index contributed by atoms with van der Waals surface area (Å²) in [6.07, 6.45) is -8.72. The number of aromatic nitrogens is 7. The molecule has 466 valence electrons. The number of benzene rings is 13. The highest BCUT2D eigenvalue weighted by Gasteiger charge is 2.38. The molecule has 0 N–H and O–H groups in total. The first kappa shape index (κ1) is 55.8. The lowest BCUT2D eigenvalue weighted by atomic mass is 9.98. The Balaban J connectivity index is 0.920. The number of alkyl halides is 6. The van der Waals surface area contributed by atoms with Gasteiger partial charge in [0.1, 0.15) is 5.82 Å². The van der Waals surface area contributed by atoms with Crippen LogP contribution in [0.5, 0.6) is 0 Å². The van der Waals surface area contributed by atoms with Crippen LogP contribution in [0.15, 0.2) is 297 Å². The standard InChI is InChI=1S/C85H49F6N7/c86-84(87,88)51-41-50(42-52(43-51)85(89,90)91)69-48-83(98-80-46-55(95-74-29-13-5-21-61(74)62-22-6-14-30-75(62)95)35-39-67(80)68-40-36-56(47-81(68)98)96-76-31-15-7-23-63(76)64-24-8-16-32-77(64)96)92-49-82(69)97-78-44-53(93-70-25-9-1-17-57(70)58-18-2-10-26-71(58)93)33-37-65(78)66-38-34-54(45-79(66)97)94-72-27-11-3-19-59(72)60-20-4-12-28-73(60)94/h1-49H. The third-order valence-electron chi connectivity index (χ3n) is 20.1. The average Bonchev–Trinajstić information content (AvgIpc) is 1.11. The maximum absolute atomic E-state index is 15.6. The first-order valence-electron chi connectivity index (χ1n) is 32.3. The molecule has 0 spiro atoms. The van der Waals surface area contributed by atoms with E-state index in [2.05, 4.69) is 188 Å². The van der Waals surface area contributed by atoms with Crippen LogP contribution in [-0.2, 0) is 12.4 Å². The van der Waals surface area contributed by atoms with E-state index in [1.54, 1.807) is 12.3 Å². The zero-order valence-corrected chi connectivity index (χ0v) is 51.7. The van der Waals surface area contributed by atoms with Gasteiger partial charge >= 0.3 is 12.4 Å². The van der Waals surface area contributed by atoms with Gasteiger partial charge in [0.05, 0.1) is 89.2 Å². The molecule has 0 aliphatic rings. The minimum Gasteiger partial charge on any atom is -0.309 e. The summed E-state index contributed by atoms with van der Waals surface area (Å²) < 4.78 is 106. The van der Waals surface area contributed by atoms with Crippen molar-refractivity contribution >= 4 is 131 Å². The predicted molar refractivity (Wildman–Crippen MR) is 386 cm³/mol. The molecule has 0 aliphatic carbocycles. The first-order valence-corrected chi connectivity index (χ1v) is 32.3. The molecule has 7 aromatic heterocycles. The number of para-hydroxylation sites is 8. The lowest BCUT2D eigenvalue weighted by Gasteiger charge is -2.20. The summed E-state index contributed by atoms with van der Waals surface area (Å²) in [5.74, 6) is 0.256. The smallest absolute Gasteiger partial charge is 0.309 e. The Morgan fingerprint density at radius 1 is 0.224 bits per heavy atom. The van der Waals surface area contributed by atoms with E-state index in [9.17, 15) is 0 Å². The summed E-state index contributed by atoms with van der Waals surface area (Å²) in [5, 5.41) is 11.7. The quantitative estimate of drug-likeness (QED) is 0.147. The van der Waals surface area contributed by atoms with E-state index in [0.717, 1.165) is 144 Å². The maximum Gasteiger partial charge on any atom is 0.416 e. The van der Waals surface area contributed by atoms with Crippen molar-refractivity contribution in [2.45, 2.75) is 12.4 Å². The van der Waals surface area contributed by atoms with Crippen molar-refractivity contribution in [1.29, 1.82) is 0 Å². The van der Waals surface area contributed by atoms with Crippen LogP contribution in [0.2, 0.25) is 0 Å². The van der Waals surface area contributed by atoms with Crippen molar-refractivity contribution in [3.8, 4) is 45.4 Å². The van der Waals surface area contributed by atoms with Crippen LogP contribution >= 0.6 is 0 Å². The number of nitrogens with zero attached hydrogens (tertiary/aromatic N) is 7. The van der Waals surface area contributed by atoms with Crippen molar-refractivity contribution in [3.63, 3.8) is 0 Å². The van der Waals surface area contributed by atoms with E-state index in [0.29, 0.717) is 22.1 Å². The fourth-order valence-corrected chi connectivity index (χ4v) is 15.9. The van der Waals surface area contributed by atoms with Gasteiger partial charge in [0.2, 0.25) is 0 Å². The first-order chi connectivity index (χ1) is 47.9. The zero-order chi connectivity index (χ0) is 65.4. The van der Waals surface area contributed by atoms with E-state index < -0.39 is 23.5 Å². The van der Waals surface area contributed by atoms with Crippen molar-refractivity contribution in [1.82, 2.24) is 32.4 Å². The van der Waals surface area contributed by atoms with E-state index in [1.165, 1.54) is 0 Å². The number of fused-ring (bicyclic) bond motifs is 18. The summed E-state index contributed by atoms with van der Waals surface area (Å²) in [6, 6.07) is 94.2. The van der Waals surface area contributed by atoms with Crippen LogP contribution < -0.4 is 0 Å². The van der Waals surface area contributed by atoms with Crippen LogP contribution in [-0.4, -0.2) is 32.4 Å². The molecule has 0 amide bonds. The molecule has 0 saturated heterocycles. The Morgan fingerprint density at radius 2 is 0.469 bits per heavy atom. The summed E-state index contributed by atoms with van der Waals surface area (Å²) in [7, 11) is 0. The molecule has 7 heterocycles. The summed E-state index contributed by atoms with van der Waals surface area (Å²) in [4.78, 5) is 5.49. The van der Waals surface area contributed by atoms with Gasteiger partial charge in [-0.2, -0.15) is 26.3 Å². The minimum atomic E-state index is -5.17. The highest BCUT2D eigenvalue weighted by atomic mass is 19.4. The molecular weight excluding hydrogens is 1230 g/mol. The van der Waals surface area contributed by atoms with E-state index in [-0.39, 0.29) is 28.7 Å². The summed E-state index contributed by atoms with van der Waals surface area (Å²) in [6.45, 7) is 0. The largest absolute Gasteiger partial charge is 0.416 e. The molecule has 0 bridgehead atoms. The van der Waals surface area contributed by atoms with Gasteiger partial charge in [0.25, 0.3) is 0 Å². The van der Waals surface area contributed by atoms with Gasteiger partial charge in [-0.15, -0.1) is 0 Å². The van der Waals surface area contributed by atoms with Crippen LogP contribution in [0.25, 0.3) is 176 Å². The van der Waals surface area contributed by atoms with Crippen molar-refractivity contribution in [3.05, 3.63) is 309 Å². The molecule has 0 aliphatic heterocycles. The molecule has 0 fully saturated rings.